The van der Waals surface area contributed by atoms with E-state index in [0.29, 0.717) is 13.1 Å². The van der Waals surface area contributed by atoms with E-state index < -0.39 is 0 Å². The quantitative estimate of drug-likeness (QED) is 0.295. The van der Waals surface area contributed by atoms with Crippen LogP contribution in [0, 0.1) is 0 Å². The fourth-order valence-corrected chi connectivity index (χ4v) is 2.66. The van der Waals surface area contributed by atoms with E-state index in [0.717, 1.165) is 31.4 Å². The van der Waals surface area contributed by atoms with E-state index >= 15 is 0 Å². The molecule has 0 amide bonds. The second kappa shape index (κ2) is 10.1. The zero-order valence-corrected chi connectivity index (χ0v) is 17.6. The molecule has 1 aliphatic heterocycles. The van der Waals surface area contributed by atoms with Crippen LogP contribution < -0.4 is 15.5 Å². The molecule has 2 aromatic rings. The number of halogens is 1. The van der Waals surface area contributed by atoms with Gasteiger partial charge in [0.15, 0.2) is 5.96 Å². The molecule has 0 spiro atoms. The number of aryl methyl sites for hydroxylation is 1. The average molecular weight is 467 g/mol. The Morgan fingerprint density at radius 1 is 1.15 bits per heavy atom. The molecule has 1 aliphatic rings. The van der Waals surface area contributed by atoms with Gasteiger partial charge in [0.25, 0.3) is 0 Å². The van der Waals surface area contributed by atoms with Gasteiger partial charge in [-0.15, -0.1) is 24.0 Å². The third-order valence-electron chi connectivity index (χ3n) is 4.10. The monoisotopic (exact) mass is 467 g/mol. The van der Waals surface area contributed by atoms with Crippen LogP contribution in [-0.4, -0.2) is 40.4 Å². The number of nitrogens with zero attached hydrogens (tertiary/aromatic N) is 5. The molecule has 0 aliphatic carbocycles. The number of rotatable bonds is 6. The molecule has 0 atom stereocenters. The van der Waals surface area contributed by atoms with Gasteiger partial charge in [-0.1, -0.05) is 24.3 Å². The molecule has 26 heavy (non-hydrogen) atoms. The van der Waals surface area contributed by atoms with Gasteiger partial charge in [-0.25, -0.2) is 9.98 Å². The smallest absolute Gasteiger partial charge is 0.191 e. The number of guanidine groups is 1. The standard InChI is InChI=1S/C18H25N7.HI/c1-3-19-18(21-13-17-22-14-23-24(17)2)20-12-15-6-8-16(9-7-15)25-10-4-5-11-25;/h4-9,14H,3,10-13H2,1-2H3,(H2,19,20,21);1H. The summed E-state index contributed by atoms with van der Waals surface area (Å²) in [6.45, 7) is 6.07. The van der Waals surface area contributed by atoms with Crippen molar-refractivity contribution in [3.05, 3.63) is 54.1 Å². The maximum atomic E-state index is 4.65. The molecule has 140 valence electrons. The average Bonchev–Trinajstić information content (AvgIpc) is 3.30. The normalized spacial score (nSPS) is 13.6. The zero-order chi connectivity index (χ0) is 17.5. The van der Waals surface area contributed by atoms with Crippen molar-refractivity contribution in [2.24, 2.45) is 12.0 Å². The minimum absolute atomic E-state index is 0. The van der Waals surface area contributed by atoms with Crippen molar-refractivity contribution in [2.75, 3.05) is 24.5 Å². The van der Waals surface area contributed by atoms with Gasteiger partial charge in [-0.3, -0.25) is 4.68 Å². The van der Waals surface area contributed by atoms with Crippen molar-refractivity contribution < 1.29 is 0 Å². The summed E-state index contributed by atoms with van der Waals surface area (Å²) in [6.07, 6.45) is 5.95. The molecule has 0 unspecified atom stereocenters. The minimum atomic E-state index is 0. The fraction of sp³-hybridized carbons (Fsp3) is 0.389. The van der Waals surface area contributed by atoms with Crippen molar-refractivity contribution in [3.63, 3.8) is 0 Å². The Morgan fingerprint density at radius 2 is 1.88 bits per heavy atom. The van der Waals surface area contributed by atoms with Gasteiger partial charge in [0.1, 0.15) is 12.2 Å². The highest BCUT2D eigenvalue weighted by atomic mass is 127. The van der Waals surface area contributed by atoms with Crippen molar-refractivity contribution in [2.45, 2.75) is 20.0 Å². The molecular weight excluding hydrogens is 441 g/mol. The molecule has 0 radical (unpaired) electrons. The molecule has 7 nitrogen and oxygen atoms in total. The number of aliphatic imine (C=N–C) groups is 1. The number of anilines is 1. The summed E-state index contributed by atoms with van der Waals surface area (Å²) in [5, 5.41) is 10.6. The maximum Gasteiger partial charge on any atom is 0.191 e. The molecule has 2 heterocycles. The van der Waals surface area contributed by atoms with Crippen molar-refractivity contribution in [3.8, 4) is 0 Å². The van der Waals surface area contributed by atoms with Crippen LogP contribution in [0.4, 0.5) is 5.69 Å². The first-order valence-corrected chi connectivity index (χ1v) is 8.60. The van der Waals surface area contributed by atoms with Crippen LogP contribution in [0.2, 0.25) is 0 Å². The second-order valence-corrected chi connectivity index (χ2v) is 5.89. The second-order valence-electron chi connectivity index (χ2n) is 5.89. The number of hydrogen-bond acceptors (Lipinski definition) is 4. The molecule has 1 aromatic carbocycles. The summed E-state index contributed by atoms with van der Waals surface area (Å²) < 4.78 is 1.75. The summed E-state index contributed by atoms with van der Waals surface area (Å²) in [4.78, 5) is 11.2. The summed E-state index contributed by atoms with van der Waals surface area (Å²) in [5.41, 5.74) is 2.44. The van der Waals surface area contributed by atoms with Gasteiger partial charge >= 0.3 is 0 Å². The zero-order valence-electron chi connectivity index (χ0n) is 15.2. The number of aromatic nitrogens is 3. The predicted octanol–water partition coefficient (Wildman–Crippen LogP) is 2.06. The van der Waals surface area contributed by atoms with Crippen molar-refractivity contribution in [1.82, 2.24) is 25.4 Å². The molecule has 0 saturated heterocycles. The summed E-state index contributed by atoms with van der Waals surface area (Å²) in [6, 6.07) is 8.61. The highest BCUT2D eigenvalue weighted by Gasteiger charge is 2.07. The fourth-order valence-electron chi connectivity index (χ4n) is 2.66. The Bertz CT molecular complexity index is 728. The van der Waals surface area contributed by atoms with Crippen LogP contribution in [0.5, 0.6) is 0 Å². The Balaban J connectivity index is 0.00000243. The van der Waals surface area contributed by atoms with Crippen LogP contribution >= 0.6 is 24.0 Å². The molecule has 8 heteroatoms. The lowest BCUT2D eigenvalue weighted by atomic mass is 10.2. The Hall–Kier alpha value is -2.10. The summed E-state index contributed by atoms with van der Waals surface area (Å²) in [5.74, 6) is 1.65. The largest absolute Gasteiger partial charge is 0.364 e. The number of nitrogens with one attached hydrogen (secondary N) is 2. The SMILES string of the molecule is CCNC(=NCc1ccc(N2CC=CC2)cc1)NCc1ncnn1C.I. The van der Waals surface area contributed by atoms with Gasteiger partial charge < -0.3 is 15.5 Å². The van der Waals surface area contributed by atoms with Gasteiger partial charge in [0.2, 0.25) is 0 Å². The first-order chi connectivity index (χ1) is 12.3. The Labute approximate surface area is 171 Å². The molecule has 1 aromatic heterocycles. The van der Waals surface area contributed by atoms with Crippen LogP contribution in [0.1, 0.15) is 18.3 Å². The van der Waals surface area contributed by atoms with E-state index in [1.165, 1.54) is 11.3 Å². The van der Waals surface area contributed by atoms with Crippen LogP contribution in [0.25, 0.3) is 0 Å². The van der Waals surface area contributed by atoms with Gasteiger partial charge in [-0.2, -0.15) is 5.10 Å². The van der Waals surface area contributed by atoms with E-state index in [2.05, 4.69) is 73.9 Å². The highest BCUT2D eigenvalue weighted by Crippen LogP contribution is 2.17. The minimum Gasteiger partial charge on any atom is -0.364 e. The van der Waals surface area contributed by atoms with Gasteiger partial charge in [-0.05, 0) is 24.6 Å². The van der Waals surface area contributed by atoms with E-state index in [9.17, 15) is 0 Å². The summed E-state index contributed by atoms with van der Waals surface area (Å²) >= 11 is 0. The van der Waals surface area contributed by atoms with E-state index in [4.69, 9.17) is 0 Å². The molecule has 0 bridgehead atoms. The van der Waals surface area contributed by atoms with Crippen molar-refractivity contribution >= 4 is 35.6 Å². The lowest BCUT2D eigenvalue weighted by molar-refractivity contribution is 0.673. The van der Waals surface area contributed by atoms with Crippen LogP contribution in [0.3, 0.4) is 0 Å². The van der Waals surface area contributed by atoms with Gasteiger partial charge in [0, 0.05) is 32.4 Å². The molecule has 0 fully saturated rings. The molecular formula is C18H26IN7. The third kappa shape index (κ3) is 5.45. The number of benzene rings is 1. The Kier molecular flexibility index (Phi) is 7.89. The Morgan fingerprint density at radius 3 is 2.50 bits per heavy atom. The summed E-state index contributed by atoms with van der Waals surface area (Å²) in [7, 11) is 1.88. The van der Waals surface area contributed by atoms with E-state index in [1.807, 2.05) is 7.05 Å². The molecule has 0 saturated carbocycles. The first kappa shape index (κ1) is 20.2. The van der Waals surface area contributed by atoms with E-state index in [-0.39, 0.29) is 24.0 Å². The lowest BCUT2D eigenvalue weighted by Gasteiger charge is -2.17. The van der Waals surface area contributed by atoms with E-state index in [1.54, 1.807) is 11.0 Å². The maximum absolute atomic E-state index is 4.65. The molecule has 2 N–H and O–H groups in total. The van der Waals surface area contributed by atoms with Crippen molar-refractivity contribution in [1.29, 1.82) is 0 Å². The predicted molar refractivity (Wildman–Crippen MR) is 116 cm³/mol. The first-order valence-electron chi connectivity index (χ1n) is 8.60. The topological polar surface area (TPSA) is 70.4 Å². The third-order valence-corrected chi connectivity index (χ3v) is 4.10. The van der Waals surface area contributed by atoms with Gasteiger partial charge in [0.05, 0.1) is 13.1 Å². The molecule has 3 rings (SSSR count). The highest BCUT2D eigenvalue weighted by molar-refractivity contribution is 14.0. The number of hydrogen-bond donors (Lipinski definition) is 2. The van der Waals surface area contributed by atoms with Crippen LogP contribution in [-0.2, 0) is 20.1 Å². The lowest BCUT2D eigenvalue weighted by Crippen LogP contribution is -2.37. The van der Waals surface area contributed by atoms with Crippen LogP contribution in [0.15, 0.2) is 47.7 Å².